The molecule has 17 heteroatoms. The van der Waals surface area contributed by atoms with Gasteiger partial charge in [-0.15, -0.1) is 0 Å². The first kappa shape index (κ1) is 39.0. The van der Waals surface area contributed by atoms with E-state index < -0.39 is 42.1 Å². The molecule has 262 valence electrons. The molecular formula is C31H44N8O9. The zero-order chi connectivity index (χ0) is 35.3. The van der Waals surface area contributed by atoms with Crippen molar-refractivity contribution in [2.75, 3.05) is 59.7 Å². The minimum atomic E-state index is -1.06. The molecule has 1 aliphatic rings. The Morgan fingerprint density at radius 1 is 0.812 bits per heavy atom. The van der Waals surface area contributed by atoms with Crippen LogP contribution >= 0.6 is 0 Å². The van der Waals surface area contributed by atoms with E-state index in [2.05, 4.69) is 26.6 Å². The van der Waals surface area contributed by atoms with E-state index in [1.165, 1.54) is 12.2 Å². The molecular weight excluding hydrogens is 628 g/mol. The molecule has 2 rings (SSSR count). The lowest BCUT2D eigenvalue weighted by molar-refractivity contribution is -0.137. The molecule has 17 nitrogen and oxygen atoms in total. The van der Waals surface area contributed by atoms with E-state index in [0.717, 1.165) is 10.5 Å². The largest absolute Gasteiger partial charge is 0.369 e. The first-order chi connectivity index (χ1) is 22.9. The average molecular weight is 673 g/mol. The van der Waals surface area contributed by atoms with E-state index in [9.17, 15) is 38.4 Å². The summed E-state index contributed by atoms with van der Waals surface area (Å²) in [5.41, 5.74) is 5.87. The van der Waals surface area contributed by atoms with Crippen LogP contribution in [0.4, 0.5) is 0 Å². The molecule has 0 bridgehead atoms. The van der Waals surface area contributed by atoms with Gasteiger partial charge in [-0.05, 0) is 25.5 Å². The fourth-order valence-corrected chi connectivity index (χ4v) is 4.32. The molecule has 8 amide bonds. The van der Waals surface area contributed by atoms with Crippen molar-refractivity contribution in [1.29, 1.82) is 0 Å². The molecule has 1 atom stereocenters. The molecule has 1 aromatic carbocycles. The van der Waals surface area contributed by atoms with E-state index in [1.807, 2.05) is 0 Å². The molecule has 1 aromatic rings. The SMILES string of the molecule is CN(CCOCNC(=O)CNC(=O)[C@H](Cc1ccccc1)NC(=O)CNC(=O)CNC(=O)CCCCCN1C(=O)C=CC1=O)CC(N)=O. The standard InChI is InChI=1S/C31H44N8O9/c1-38(20-24(32)40)14-15-48-21-36-27(43)18-35-31(47)23(16-22-8-4-2-5-9-22)37-28(44)19-34-26(42)17-33-25(41)10-6-3-7-13-39-29(45)11-12-30(39)46/h2,4-5,8-9,11-12,23H,3,6-7,10,13-21H2,1H3,(H2,32,40)(H,33,41)(H,34,42)(H,35,47)(H,36,43)(H,37,44)/t23-/m0/s1. The highest BCUT2D eigenvalue weighted by Crippen LogP contribution is 2.08. The van der Waals surface area contributed by atoms with Crippen molar-refractivity contribution in [1.82, 2.24) is 36.4 Å². The zero-order valence-electron chi connectivity index (χ0n) is 27.0. The minimum Gasteiger partial charge on any atom is -0.369 e. The monoisotopic (exact) mass is 672 g/mol. The van der Waals surface area contributed by atoms with E-state index in [1.54, 1.807) is 42.3 Å². The number of nitrogens with one attached hydrogen (secondary N) is 5. The van der Waals surface area contributed by atoms with Gasteiger partial charge in [0.25, 0.3) is 11.8 Å². The third-order valence-corrected chi connectivity index (χ3v) is 6.85. The summed E-state index contributed by atoms with van der Waals surface area (Å²) in [7, 11) is 1.69. The topological polar surface area (TPSA) is 238 Å². The Bertz CT molecular complexity index is 1300. The van der Waals surface area contributed by atoms with Crippen LogP contribution in [0.5, 0.6) is 0 Å². The number of benzene rings is 1. The molecule has 1 aliphatic heterocycles. The van der Waals surface area contributed by atoms with Crippen molar-refractivity contribution in [3.63, 3.8) is 0 Å². The summed E-state index contributed by atoms with van der Waals surface area (Å²) in [5.74, 6) is -3.96. The number of imide groups is 1. The Hall–Kier alpha value is -5.16. The zero-order valence-corrected chi connectivity index (χ0v) is 27.0. The lowest BCUT2D eigenvalue weighted by atomic mass is 10.1. The maximum absolute atomic E-state index is 12.9. The van der Waals surface area contributed by atoms with Gasteiger partial charge in [-0.2, -0.15) is 0 Å². The number of amides is 8. The van der Waals surface area contributed by atoms with Crippen LogP contribution in [-0.4, -0.2) is 123 Å². The second-order valence-corrected chi connectivity index (χ2v) is 10.9. The number of primary amides is 1. The number of hydrogen-bond donors (Lipinski definition) is 6. The van der Waals surface area contributed by atoms with Crippen LogP contribution in [-0.2, 0) is 49.5 Å². The Kier molecular flexibility index (Phi) is 17.6. The number of nitrogens with zero attached hydrogens (tertiary/aromatic N) is 2. The molecule has 7 N–H and O–H groups in total. The Morgan fingerprint density at radius 3 is 2.12 bits per heavy atom. The normalized spacial score (nSPS) is 12.8. The lowest BCUT2D eigenvalue weighted by Gasteiger charge is -2.19. The van der Waals surface area contributed by atoms with Gasteiger partial charge in [0, 0.05) is 38.1 Å². The van der Waals surface area contributed by atoms with Gasteiger partial charge in [-0.25, -0.2) is 0 Å². The van der Waals surface area contributed by atoms with Crippen molar-refractivity contribution in [3.05, 3.63) is 48.0 Å². The summed E-state index contributed by atoms with van der Waals surface area (Å²) in [4.78, 5) is 98.7. The van der Waals surface area contributed by atoms with Crippen molar-refractivity contribution in [2.24, 2.45) is 5.73 Å². The Morgan fingerprint density at radius 2 is 1.44 bits per heavy atom. The number of likely N-dealkylation sites (N-methyl/N-ethyl adjacent to an activating group) is 1. The van der Waals surface area contributed by atoms with Crippen LogP contribution in [0.15, 0.2) is 42.5 Å². The number of hydrogen-bond acceptors (Lipinski definition) is 10. The maximum atomic E-state index is 12.9. The molecule has 0 aromatic heterocycles. The molecule has 0 spiro atoms. The second-order valence-electron chi connectivity index (χ2n) is 10.9. The maximum Gasteiger partial charge on any atom is 0.253 e. The van der Waals surface area contributed by atoms with E-state index in [4.69, 9.17) is 10.5 Å². The summed E-state index contributed by atoms with van der Waals surface area (Å²) in [6.45, 7) is -0.310. The second kappa shape index (κ2) is 21.6. The quantitative estimate of drug-likeness (QED) is 0.0393. The fraction of sp³-hybridized carbons (Fsp3) is 0.484. The highest BCUT2D eigenvalue weighted by molar-refractivity contribution is 6.12. The lowest BCUT2D eigenvalue weighted by Crippen LogP contribution is -2.52. The predicted molar refractivity (Wildman–Crippen MR) is 171 cm³/mol. The molecule has 48 heavy (non-hydrogen) atoms. The van der Waals surface area contributed by atoms with E-state index >= 15 is 0 Å². The Balaban J connectivity index is 1.68. The molecule has 0 unspecified atom stereocenters. The molecule has 0 radical (unpaired) electrons. The number of carbonyl (C=O) groups excluding carboxylic acids is 8. The smallest absolute Gasteiger partial charge is 0.253 e. The predicted octanol–water partition coefficient (Wildman–Crippen LogP) is -2.94. The molecule has 1 heterocycles. The number of carbonyl (C=O) groups is 8. The minimum absolute atomic E-state index is 0.0738. The van der Waals surface area contributed by atoms with Gasteiger partial charge in [0.15, 0.2) is 0 Å². The highest BCUT2D eigenvalue weighted by Gasteiger charge is 2.23. The van der Waals surface area contributed by atoms with Crippen LogP contribution in [0.1, 0.15) is 31.2 Å². The van der Waals surface area contributed by atoms with Gasteiger partial charge in [0.05, 0.1) is 32.8 Å². The fourth-order valence-electron chi connectivity index (χ4n) is 4.32. The van der Waals surface area contributed by atoms with Crippen LogP contribution < -0.4 is 32.3 Å². The number of rotatable bonds is 23. The highest BCUT2D eigenvalue weighted by atomic mass is 16.5. The molecule has 0 saturated carbocycles. The van der Waals surface area contributed by atoms with Crippen LogP contribution in [0.2, 0.25) is 0 Å². The van der Waals surface area contributed by atoms with Crippen LogP contribution in [0.25, 0.3) is 0 Å². The van der Waals surface area contributed by atoms with Crippen LogP contribution in [0, 0.1) is 0 Å². The molecule has 0 fully saturated rings. The summed E-state index contributed by atoms with van der Waals surface area (Å²) in [6, 6.07) is 7.84. The van der Waals surface area contributed by atoms with Crippen molar-refractivity contribution >= 4 is 47.3 Å². The van der Waals surface area contributed by atoms with Crippen molar-refractivity contribution < 1.29 is 43.1 Å². The number of ether oxygens (including phenoxy) is 1. The average Bonchev–Trinajstić information content (AvgIpc) is 3.37. The van der Waals surface area contributed by atoms with Gasteiger partial charge in [-0.3, -0.25) is 48.2 Å². The van der Waals surface area contributed by atoms with Gasteiger partial charge >= 0.3 is 0 Å². The van der Waals surface area contributed by atoms with Gasteiger partial charge in [0.1, 0.15) is 12.8 Å². The van der Waals surface area contributed by atoms with Gasteiger partial charge < -0.3 is 37.1 Å². The summed E-state index contributed by atoms with van der Waals surface area (Å²) < 4.78 is 5.29. The summed E-state index contributed by atoms with van der Waals surface area (Å²) in [5, 5.41) is 12.4. The van der Waals surface area contributed by atoms with Crippen LogP contribution in [0.3, 0.4) is 0 Å². The van der Waals surface area contributed by atoms with E-state index in [0.29, 0.717) is 25.8 Å². The van der Waals surface area contributed by atoms with Gasteiger partial charge in [-0.1, -0.05) is 36.8 Å². The number of unbranched alkanes of at least 4 members (excludes halogenated alkanes) is 2. The first-order valence-corrected chi connectivity index (χ1v) is 15.4. The summed E-state index contributed by atoms with van der Waals surface area (Å²) in [6.07, 6.45) is 4.34. The van der Waals surface area contributed by atoms with Gasteiger partial charge in [0.2, 0.25) is 35.4 Å². The first-order valence-electron chi connectivity index (χ1n) is 15.4. The van der Waals surface area contributed by atoms with E-state index in [-0.39, 0.29) is 70.1 Å². The Labute approximate surface area is 278 Å². The van der Waals surface area contributed by atoms with Crippen molar-refractivity contribution in [2.45, 2.75) is 38.1 Å². The third kappa shape index (κ3) is 16.4. The number of nitrogens with two attached hydrogens (primary N) is 1. The molecule has 0 saturated heterocycles. The molecule has 0 aliphatic carbocycles. The summed E-state index contributed by atoms with van der Waals surface area (Å²) >= 11 is 0. The third-order valence-electron chi connectivity index (χ3n) is 6.85. The van der Waals surface area contributed by atoms with Crippen molar-refractivity contribution in [3.8, 4) is 0 Å².